The monoisotopic (exact) mass is 317 g/mol. The maximum Gasteiger partial charge on any atom is 0.122 e. The Morgan fingerprint density at radius 1 is 1.47 bits per heavy atom. The Balaban J connectivity index is 2.10. The third-order valence-electron chi connectivity index (χ3n) is 3.34. The molecule has 0 radical (unpaired) electrons. The Kier molecular flexibility index (Phi) is 6.20. The van der Waals surface area contributed by atoms with Crippen LogP contribution in [0.4, 0.5) is 0 Å². The van der Waals surface area contributed by atoms with Gasteiger partial charge in [0.05, 0.1) is 7.11 Å². The first kappa shape index (κ1) is 15.4. The van der Waals surface area contributed by atoms with Gasteiger partial charge in [0.25, 0.3) is 0 Å². The van der Waals surface area contributed by atoms with E-state index >= 15 is 0 Å². The third kappa shape index (κ3) is 4.22. The standard InChI is InChI=1S/C14H20ClNOS2/c1-16-12(14-9-18-5-6-19-14)8-10-7-11(15)3-4-13(10)17-2/h3-4,7,12,14,16H,5-6,8-9H2,1-2H3. The highest BCUT2D eigenvalue weighted by Gasteiger charge is 2.24. The molecule has 5 heteroatoms. The first-order chi connectivity index (χ1) is 9.24. The van der Waals surface area contributed by atoms with Crippen molar-refractivity contribution in [3.63, 3.8) is 0 Å². The van der Waals surface area contributed by atoms with Crippen LogP contribution in [0.25, 0.3) is 0 Å². The summed E-state index contributed by atoms with van der Waals surface area (Å²) in [7, 11) is 3.76. The number of likely N-dealkylation sites (N-methyl/N-ethyl adjacent to an activating group) is 1. The van der Waals surface area contributed by atoms with E-state index in [0.29, 0.717) is 11.3 Å². The van der Waals surface area contributed by atoms with Crippen molar-refractivity contribution in [3.05, 3.63) is 28.8 Å². The van der Waals surface area contributed by atoms with Crippen molar-refractivity contribution in [2.45, 2.75) is 17.7 Å². The zero-order valence-corrected chi connectivity index (χ0v) is 13.7. The van der Waals surface area contributed by atoms with Crippen LogP contribution in [0.2, 0.25) is 5.02 Å². The van der Waals surface area contributed by atoms with Crippen LogP contribution in [0.5, 0.6) is 5.75 Å². The number of halogens is 1. The van der Waals surface area contributed by atoms with Crippen molar-refractivity contribution in [2.24, 2.45) is 0 Å². The van der Waals surface area contributed by atoms with Gasteiger partial charge in [0, 0.05) is 33.6 Å². The minimum atomic E-state index is 0.463. The van der Waals surface area contributed by atoms with Crippen LogP contribution >= 0.6 is 35.1 Å². The van der Waals surface area contributed by atoms with Crippen molar-refractivity contribution >= 4 is 35.1 Å². The van der Waals surface area contributed by atoms with Gasteiger partial charge >= 0.3 is 0 Å². The highest BCUT2D eigenvalue weighted by Crippen LogP contribution is 2.30. The second kappa shape index (κ2) is 7.67. The lowest BCUT2D eigenvalue weighted by atomic mass is 10.0. The van der Waals surface area contributed by atoms with Gasteiger partial charge in [-0.25, -0.2) is 0 Å². The molecule has 19 heavy (non-hydrogen) atoms. The number of nitrogens with one attached hydrogen (secondary N) is 1. The first-order valence-electron chi connectivity index (χ1n) is 6.43. The predicted octanol–water partition coefficient (Wildman–Crippen LogP) is 3.33. The molecule has 106 valence electrons. The summed E-state index contributed by atoms with van der Waals surface area (Å²) in [6, 6.07) is 6.31. The van der Waals surface area contributed by atoms with Gasteiger partial charge in [-0.05, 0) is 37.2 Å². The molecule has 0 bridgehead atoms. The van der Waals surface area contributed by atoms with Crippen molar-refractivity contribution in [1.82, 2.24) is 5.32 Å². The molecule has 0 aliphatic carbocycles. The normalized spacial score (nSPS) is 21.1. The summed E-state index contributed by atoms with van der Waals surface area (Å²) in [6.07, 6.45) is 0.957. The van der Waals surface area contributed by atoms with Crippen molar-refractivity contribution < 1.29 is 4.74 Å². The summed E-state index contributed by atoms with van der Waals surface area (Å²) >= 11 is 10.2. The fourth-order valence-corrected chi connectivity index (χ4v) is 5.42. The molecule has 1 saturated heterocycles. The molecular weight excluding hydrogens is 298 g/mol. The Hall–Kier alpha value is -0.0300. The fourth-order valence-electron chi connectivity index (χ4n) is 2.30. The van der Waals surface area contributed by atoms with Crippen LogP contribution in [0.15, 0.2) is 18.2 Å². The molecule has 1 aromatic carbocycles. The van der Waals surface area contributed by atoms with E-state index in [9.17, 15) is 0 Å². The molecule has 1 N–H and O–H groups in total. The SMILES string of the molecule is CNC(Cc1cc(Cl)ccc1OC)C1CSCCS1. The highest BCUT2D eigenvalue weighted by molar-refractivity contribution is 8.06. The maximum atomic E-state index is 6.10. The zero-order valence-electron chi connectivity index (χ0n) is 11.3. The Bertz CT molecular complexity index is 410. The lowest BCUT2D eigenvalue weighted by Gasteiger charge is -2.29. The summed E-state index contributed by atoms with van der Waals surface area (Å²) in [6.45, 7) is 0. The molecule has 2 unspecified atom stereocenters. The molecule has 1 aliphatic rings. The van der Waals surface area contributed by atoms with Gasteiger partial charge in [0.1, 0.15) is 5.75 Å². The van der Waals surface area contributed by atoms with Crippen LogP contribution in [-0.4, -0.2) is 42.7 Å². The lowest BCUT2D eigenvalue weighted by Crippen LogP contribution is -2.40. The summed E-state index contributed by atoms with van der Waals surface area (Å²) in [5.74, 6) is 4.68. The number of rotatable bonds is 5. The van der Waals surface area contributed by atoms with Gasteiger partial charge in [-0.1, -0.05) is 11.6 Å². The Morgan fingerprint density at radius 3 is 2.95 bits per heavy atom. The molecule has 0 spiro atoms. The van der Waals surface area contributed by atoms with E-state index < -0.39 is 0 Å². The molecule has 1 aliphatic heterocycles. The summed E-state index contributed by atoms with van der Waals surface area (Å²) in [4.78, 5) is 0. The molecule has 0 saturated carbocycles. The number of methoxy groups -OCH3 is 1. The second-order valence-electron chi connectivity index (χ2n) is 4.54. The topological polar surface area (TPSA) is 21.3 Å². The number of thioether (sulfide) groups is 2. The van der Waals surface area contributed by atoms with Crippen LogP contribution in [0.1, 0.15) is 5.56 Å². The summed E-state index contributed by atoms with van der Waals surface area (Å²) in [5, 5.41) is 4.89. The van der Waals surface area contributed by atoms with Crippen molar-refractivity contribution in [1.29, 1.82) is 0 Å². The van der Waals surface area contributed by atoms with Gasteiger partial charge in [0.2, 0.25) is 0 Å². The van der Waals surface area contributed by atoms with Crippen LogP contribution in [0, 0.1) is 0 Å². The summed E-state index contributed by atoms with van der Waals surface area (Å²) in [5.41, 5.74) is 1.19. The molecule has 1 heterocycles. The van der Waals surface area contributed by atoms with E-state index in [1.54, 1.807) is 7.11 Å². The molecule has 0 amide bonds. The average molecular weight is 318 g/mol. The van der Waals surface area contributed by atoms with E-state index in [2.05, 4.69) is 28.8 Å². The van der Waals surface area contributed by atoms with Crippen LogP contribution in [0.3, 0.4) is 0 Å². The predicted molar refractivity (Wildman–Crippen MR) is 88.1 cm³/mol. The number of hydrogen-bond donors (Lipinski definition) is 1. The highest BCUT2D eigenvalue weighted by atomic mass is 35.5. The second-order valence-corrected chi connectivity index (χ2v) is 7.47. The quantitative estimate of drug-likeness (QED) is 0.899. The van der Waals surface area contributed by atoms with E-state index in [1.807, 2.05) is 25.2 Å². The minimum Gasteiger partial charge on any atom is -0.496 e. The fraction of sp³-hybridized carbons (Fsp3) is 0.571. The van der Waals surface area contributed by atoms with Gasteiger partial charge in [0.15, 0.2) is 0 Å². The molecule has 1 fully saturated rings. The molecule has 2 nitrogen and oxygen atoms in total. The Morgan fingerprint density at radius 2 is 2.32 bits per heavy atom. The molecule has 0 aromatic heterocycles. The van der Waals surface area contributed by atoms with Crippen LogP contribution in [-0.2, 0) is 6.42 Å². The number of benzene rings is 1. The zero-order chi connectivity index (χ0) is 13.7. The summed E-state index contributed by atoms with van der Waals surface area (Å²) < 4.78 is 5.43. The van der Waals surface area contributed by atoms with E-state index in [4.69, 9.17) is 16.3 Å². The van der Waals surface area contributed by atoms with Crippen molar-refractivity contribution in [2.75, 3.05) is 31.4 Å². The van der Waals surface area contributed by atoms with Gasteiger partial charge in [-0.15, -0.1) is 0 Å². The van der Waals surface area contributed by atoms with E-state index in [-0.39, 0.29) is 0 Å². The molecular formula is C14H20ClNOS2. The molecule has 2 atom stereocenters. The number of ether oxygens (including phenoxy) is 1. The average Bonchev–Trinajstić information content (AvgIpc) is 2.46. The van der Waals surface area contributed by atoms with Gasteiger partial charge in [-0.2, -0.15) is 23.5 Å². The van der Waals surface area contributed by atoms with Crippen molar-refractivity contribution in [3.8, 4) is 5.75 Å². The lowest BCUT2D eigenvalue weighted by molar-refractivity contribution is 0.406. The molecule has 2 rings (SSSR count). The van der Waals surface area contributed by atoms with Crippen LogP contribution < -0.4 is 10.1 Å². The minimum absolute atomic E-state index is 0.463. The Labute approximate surface area is 129 Å². The largest absolute Gasteiger partial charge is 0.496 e. The smallest absolute Gasteiger partial charge is 0.122 e. The first-order valence-corrected chi connectivity index (χ1v) is 9.01. The van der Waals surface area contributed by atoms with E-state index in [0.717, 1.165) is 17.2 Å². The number of hydrogen-bond acceptors (Lipinski definition) is 4. The molecule has 1 aromatic rings. The van der Waals surface area contributed by atoms with E-state index in [1.165, 1.54) is 22.8 Å². The third-order valence-corrected chi connectivity index (χ3v) is 6.50. The van der Waals surface area contributed by atoms with Gasteiger partial charge in [-0.3, -0.25) is 0 Å². The van der Waals surface area contributed by atoms with Gasteiger partial charge < -0.3 is 10.1 Å². The maximum absolute atomic E-state index is 6.10.